The van der Waals surface area contributed by atoms with Gasteiger partial charge < -0.3 is 5.73 Å². The van der Waals surface area contributed by atoms with Gasteiger partial charge in [0.25, 0.3) is 0 Å². The standard InChI is InChI=1S/C8H8N6S2/c1-4-11-12-8-14(4)13-6(16-8)2-5-3-10-7(9)15-5/h3H,2H2,1H3,(H2,9,10). The maximum Gasteiger partial charge on any atom is 0.234 e. The molecule has 8 heteroatoms. The van der Waals surface area contributed by atoms with E-state index in [1.165, 1.54) is 22.7 Å². The molecule has 3 aromatic heterocycles. The monoisotopic (exact) mass is 252 g/mol. The Bertz CT molecular complexity index is 636. The van der Waals surface area contributed by atoms with Crippen LogP contribution in [0.1, 0.15) is 15.7 Å². The van der Waals surface area contributed by atoms with Gasteiger partial charge in [-0.05, 0) is 6.92 Å². The first-order valence-corrected chi connectivity index (χ1v) is 6.23. The number of aryl methyl sites for hydroxylation is 1. The van der Waals surface area contributed by atoms with Crippen LogP contribution in [0.2, 0.25) is 0 Å². The Kier molecular flexibility index (Phi) is 2.11. The maximum absolute atomic E-state index is 5.57. The molecule has 0 amide bonds. The zero-order chi connectivity index (χ0) is 11.1. The van der Waals surface area contributed by atoms with Crippen molar-refractivity contribution in [3.05, 3.63) is 21.9 Å². The van der Waals surface area contributed by atoms with Crippen molar-refractivity contribution in [2.45, 2.75) is 13.3 Å². The van der Waals surface area contributed by atoms with E-state index in [1.807, 2.05) is 6.92 Å². The molecular weight excluding hydrogens is 244 g/mol. The Morgan fingerprint density at radius 2 is 2.25 bits per heavy atom. The fraction of sp³-hybridized carbons (Fsp3) is 0.250. The second-order valence-electron chi connectivity index (χ2n) is 3.28. The first kappa shape index (κ1) is 9.67. The van der Waals surface area contributed by atoms with E-state index in [9.17, 15) is 0 Å². The van der Waals surface area contributed by atoms with Crippen LogP contribution in [-0.2, 0) is 6.42 Å². The van der Waals surface area contributed by atoms with E-state index in [4.69, 9.17) is 5.73 Å². The Labute approximate surface area is 98.8 Å². The van der Waals surface area contributed by atoms with E-state index >= 15 is 0 Å². The van der Waals surface area contributed by atoms with Gasteiger partial charge >= 0.3 is 0 Å². The summed E-state index contributed by atoms with van der Waals surface area (Å²) in [7, 11) is 0. The van der Waals surface area contributed by atoms with E-state index < -0.39 is 0 Å². The minimum absolute atomic E-state index is 0.592. The lowest BCUT2D eigenvalue weighted by molar-refractivity contribution is 0.865. The van der Waals surface area contributed by atoms with E-state index in [-0.39, 0.29) is 0 Å². The molecule has 0 spiro atoms. The van der Waals surface area contributed by atoms with E-state index in [0.717, 1.165) is 27.1 Å². The Balaban J connectivity index is 1.94. The molecule has 0 saturated heterocycles. The van der Waals surface area contributed by atoms with Gasteiger partial charge in [0.15, 0.2) is 11.0 Å². The number of thiazole rings is 1. The topological polar surface area (TPSA) is 82.0 Å². The fourth-order valence-corrected chi connectivity index (χ4v) is 3.06. The number of hydrogen-bond acceptors (Lipinski definition) is 7. The summed E-state index contributed by atoms with van der Waals surface area (Å²) in [4.78, 5) is 5.95. The highest BCUT2D eigenvalue weighted by Crippen LogP contribution is 2.21. The molecule has 0 bridgehead atoms. The van der Waals surface area contributed by atoms with E-state index in [0.29, 0.717) is 5.13 Å². The van der Waals surface area contributed by atoms with Crippen LogP contribution in [-0.4, -0.2) is 24.8 Å². The van der Waals surface area contributed by atoms with Crippen molar-refractivity contribution in [3.63, 3.8) is 0 Å². The summed E-state index contributed by atoms with van der Waals surface area (Å²) < 4.78 is 1.75. The molecule has 0 aliphatic heterocycles. The third kappa shape index (κ3) is 1.55. The first-order chi connectivity index (χ1) is 7.72. The molecule has 16 heavy (non-hydrogen) atoms. The van der Waals surface area contributed by atoms with Crippen molar-refractivity contribution in [2.24, 2.45) is 0 Å². The third-order valence-electron chi connectivity index (χ3n) is 2.09. The zero-order valence-electron chi connectivity index (χ0n) is 8.41. The number of anilines is 1. The molecule has 0 fully saturated rings. The average Bonchev–Trinajstić information content (AvgIpc) is 2.88. The van der Waals surface area contributed by atoms with Crippen LogP contribution < -0.4 is 5.73 Å². The van der Waals surface area contributed by atoms with Crippen molar-refractivity contribution in [3.8, 4) is 0 Å². The lowest BCUT2D eigenvalue weighted by Crippen LogP contribution is -1.91. The molecule has 0 unspecified atom stereocenters. The molecule has 82 valence electrons. The summed E-state index contributed by atoms with van der Waals surface area (Å²) in [5.74, 6) is 0.807. The smallest absolute Gasteiger partial charge is 0.234 e. The molecule has 6 nitrogen and oxygen atoms in total. The summed E-state index contributed by atoms with van der Waals surface area (Å²) in [6.07, 6.45) is 2.54. The highest BCUT2D eigenvalue weighted by molar-refractivity contribution is 7.17. The summed E-state index contributed by atoms with van der Waals surface area (Å²) in [5, 5.41) is 14.0. The van der Waals surface area contributed by atoms with Gasteiger partial charge in [0.05, 0.1) is 0 Å². The number of nitrogens with two attached hydrogens (primary N) is 1. The molecule has 0 saturated carbocycles. The van der Waals surface area contributed by atoms with Gasteiger partial charge in [0.2, 0.25) is 4.96 Å². The lowest BCUT2D eigenvalue weighted by atomic mass is 10.4. The van der Waals surface area contributed by atoms with Crippen LogP contribution >= 0.6 is 22.7 Å². The number of nitrogens with zero attached hydrogens (tertiary/aromatic N) is 5. The van der Waals surface area contributed by atoms with Crippen LogP contribution in [0.4, 0.5) is 5.13 Å². The van der Waals surface area contributed by atoms with Gasteiger partial charge in [0, 0.05) is 17.5 Å². The Morgan fingerprint density at radius 3 is 2.94 bits per heavy atom. The molecule has 3 heterocycles. The Morgan fingerprint density at radius 1 is 1.38 bits per heavy atom. The molecule has 2 N–H and O–H groups in total. The van der Waals surface area contributed by atoms with Crippen LogP contribution in [0.3, 0.4) is 0 Å². The Hall–Kier alpha value is -1.54. The fourth-order valence-electron chi connectivity index (χ4n) is 1.38. The summed E-state index contributed by atoms with van der Waals surface area (Å²) in [5.41, 5.74) is 5.57. The number of aromatic nitrogens is 5. The SMILES string of the molecule is Cc1nnc2sc(Cc3cnc(N)s3)nn12. The third-order valence-corrected chi connectivity index (χ3v) is 3.81. The summed E-state index contributed by atoms with van der Waals surface area (Å²) >= 11 is 3.03. The van der Waals surface area contributed by atoms with E-state index in [2.05, 4.69) is 20.3 Å². The quantitative estimate of drug-likeness (QED) is 0.739. The molecule has 3 rings (SSSR count). The minimum atomic E-state index is 0.592. The van der Waals surface area contributed by atoms with Gasteiger partial charge in [-0.15, -0.1) is 21.5 Å². The van der Waals surface area contributed by atoms with Gasteiger partial charge in [-0.1, -0.05) is 11.3 Å². The second-order valence-corrected chi connectivity index (χ2v) is 5.47. The maximum atomic E-state index is 5.57. The van der Waals surface area contributed by atoms with Crippen molar-refractivity contribution in [1.82, 2.24) is 24.8 Å². The molecule has 0 aliphatic rings. The largest absolute Gasteiger partial charge is 0.375 e. The van der Waals surface area contributed by atoms with Gasteiger partial charge in [-0.2, -0.15) is 9.61 Å². The zero-order valence-corrected chi connectivity index (χ0v) is 10.0. The van der Waals surface area contributed by atoms with E-state index in [1.54, 1.807) is 10.7 Å². The molecule has 3 aromatic rings. The normalized spacial score (nSPS) is 11.3. The molecule has 0 radical (unpaired) electrons. The van der Waals surface area contributed by atoms with Gasteiger partial charge in [-0.3, -0.25) is 0 Å². The number of fused-ring (bicyclic) bond motifs is 1. The molecule has 0 atom stereocenters. The van der Waals surface area contributed by atoms with Gasteiger partial charge in [-0.25, -0.2) is 4.98 Å². The lowest BCUT2D eigenvalue weighted by Gasteiger charge is -1.88. The molecular formula is C8H8N6S2. The summed E-state index contributed by atoms with van der Waals surface area (Å²) in [6.45, 7) is 1.88. The van der Waals surface area contributed by atoms with Crippen LogP contribution in [0, 0.1) is 6.92 Å². The molecule has 0 aromatic carbocycles. The van der Waals surface area contributed by atoms with Crippen LogP contribution in [0.25, 0.3) is 4.96 Å². The number of nitrogen functional groups attached to an aromatic ring is 1. The summed E-state index contributed by atoms with van der Waals surface area (Å²) in [6, 6.07) is 0. The second kappa shape index (κ2) is 3.49. The number of hydrogen-bond donors (Lipinski definition) is 1. The highest BCUT2D eigenvalue weighted by atomic mass is 32.1. The predicted molar refractivity (Wildman–Crippen MR) is 62.7 cm³/mol. The predicted octanol–water partition coefficient (Wildman–Crippen LogP) is 1.12. The molecule has 0 aliphatic carbocycles. The highest BCUT2D eigenvalue weighted by Gasteiger charge is 2.10. The van der Waals surface area contributed by atoms with Crippen LogP contribution in [0.15, 0.2) is 6.20 Å². The van der Waals surface area contributed by atoms with Crippen LogP contribution in [0.5, 0.6) is 0 Å². The minimum Gasteiger partial charge on any atom is -0.375 e. The van der Waals surface area contributed by atoms with Crippen molar-refractivity contribution < 1.29 is 0 Å². The van der Waals surface area contributed by atoms with Gasteiger partial charge in [0.1, 0.15) is 5.01 Å². The van der Waals surface area contributed by atoms with Crippen molar-refractivity contribution >= 4 is 32.8 Å². The average molecular weight is 252 g/mol. The number of rotatable bonds is 2. The van der Waals surface area contributed by atoms with Crippen molar-refractivity contribution in [1.29, 1.82) is 0 Å². The first-order valence-electron chi connectivity index (χ1n) is 4.60. The van der Waals surface area contributed by atoms with Crippen molar-refractivity contribution in [2.75, 3.05) is 5.73 Å².